The third-order valence-corrected chi connectivity index (χ3v) is 6.84. The van der Waals surface area contributed by atoms with Gasteiger partial charge in [0.05, 0.1) is 16.8 Å². The third-order valence-electron chi connectivity index (χ3n) is 6.84. The Kier molecular flexibility index (Phi) is 7.41. The van der Waals surface area contributed by atoms with Crippen LogP contribution in [0.5, 0.6) is 0 Å². The number of hydrogen-bond acceptors (Lipinski definition) is 7. The summed E-state index contributed by atoms with van der Waals surface area (Å²) in [5.41, 5.74) is 10.5. The second kappa shape index (κ2) is 11.2. The van der Waals surface area contributed by atoms with Crippen molar-refractivity contribution in [3.8, 4) is 11.1 Å². The highest BCUT2D eigenvalue weighted by atomic mass is 16.2. The maximum atomic E-state index is 12.4. The molecule has 5 rings (SSSR count). The first kappa shape index (κ1) is 26.4. The van der Waals surface area contributed by atoms with Crippen molar-refractivity contribution in [3.05, 3.63) is 85.1 Å². The summed E-state index contributed by atoms with van der Waals surface area (Å²) in [6.45, 7) is 7.64. The number of rotatable bonds is 7. The lowest BCUT2D eigenvalue weighted by Gasteiger charge is -2.35. The number of para-hydroxylation sites is 1. The van der Waals surface area contributed by atoms with Crippen molar-refractivity contribution in [2.75, 3.05) is 41.7 Å². The summed E-state index contributed by atoms with van der Waals surface area (Å²) in [7, 11) is 0. The second-order valence-corrected chi connectivity index (χ2v) is 9.42. The van der Waals surface area contributed by atoms with Gasteiger partial charge in [-0.1, -0.05) is 36.9 Å². The summed E-state index contributed by atoms with van der Waals surface area (Å²) in [6.07, 6.45) is 2.93. The molecule has 0 aliphatic carbocycles. The van der Waals surface area contributed by atoms with Gasteiger partial charge in [0, 0.05) is 61.6 Å². The van der Waals surface area contributed by atoms with Gasteiger partial charge in [-0.05, 0) is 42.0 Å². The molecule has 0 radical (unpaired) electrons. The normalized spacial score (nSPS) is 13.1. The average Bonchev–Trinajstić information content (AvgIpc) is 2.97. The zero-order valence-corrected chi connectivity index (χ0v) is 22.1. The number of aromatic nitrogens is 2. The van der Waals surface area contributed by atoms with Gasteiger partial charge < -0.3 is 26.2 Å². The van der Waals surface area contributed by atoms with E-state index in [-0.39, 0.29) is 11.8 Å². The van der Waals surface area contributed by atoms with Crippen molar-refractivity contribution in [2.24, 2.45) is 5.73 Å². The van der Waals surface area contributed by atoms with Crippen LogP contribution in [0.4, 0.5) is 23.0 Å². The first-order valence-electron chi connectivity index (χ1n) is 12.8. The summed E-state index contributed by atoms with van der Waals surface area (Å²) < 4.78 is 0. The third kappa shape index (κ3) is 5.60. The molecule has 0 atom stereocenters. The first-order chi connectivity index (χ1) is 19.3. The van der Waals surface area contributed by atoms with E-state index in [9.17, 15) is 14.4 Å². The molecule has 1 fully saturated rings. The SMILES string of the molecule is C=CC(=O)Nc1cccc(-c2cccc3cnc(Nc4ccc(N5CCN(C(C)=O)CC5)cc4C(N)=O)nc23)c1. The number of nitrogens with zero attached hydrogens (tertiary/aromatic N) is 4. The zero-order chi connectivity index (χ0) is 28.2. The van der Waals surface area contributed by atoms with Crippen molar-refractivity contribution < 1.29 is 14.4 Å². The van der Waals surface area contributed by atoms with Gasteiger partial charge in [-0.15, -0.1) is 0 Å². The number of nitrogens with two attached hydrogens (primary N) is 1. The van der Waals surface area contributed by atoms with Crippen LogP contribution in [-0.2, 0) is 9.59 Å². The lowest BCUT2D eigenvalue weighted by atomic mass is 10.0. The molecule has 40 heavy (non-hydrogen) atoms. The van der Waals surface area contributed by atoms with Gasteiger partial charge in [0.15, 0.2) is 0 Å². The van der Waals surface area contributed by atoms with E-state index >= 15 is 0 Å². The lowest BCUT2D eigenvalue weighted by Crippen LogP contribution is -2.48. The van der Waals surface area contributed by atoms with Gasteiger partial charge in [-0.2, -0.15) is 0 Å². The van der Waals surface area contributed by atoms with Crippen molar-refractivity contribution in [1.82, 2.24) is 14.9 Å². The summed E-state index contributed by atoms with van der Waals surface area (Å²) in [5, 5.41) is 6.77. The van der Waals surface area contributed by atoms with Crippen LogP contribution in [0.2, 0.25) is 0 Å². The van der Waals surface area contributed by atoms with Crippen LogP contribution < -0.4 is 21.3 Å². The number of piperazine rings is 1. The Bertz CT molecular complexity index is 1630. The second-order valence-electron chi connectivity index (χ2n) is 9.42. The molecule has 0 spiro atoms. The van der Waals surface area contributed by atoms with Crippen LogP contribution >= 0.6 is 0 Å². The van der Waals surface area contributed by atoms with Crippen LogP contribution in [0, 0.1) is 0 Å². The molecule has 1 aliphatic heterocycles. The molecule has 1 saturated heterocycles. The molecule has 4 N–H and O–H groups in total. The molecule has 0 saturated carbocycles. The van der Waals surface area contributed by atoms with Gasteiger partial charge in [0.2, 0.25) is 17.8 Å². The van der Waals surface area contributed by atoms with Crippen molar-refractivity contribution >= 4 is 51.6 Å². The van der Waals surface area contributed by atoms with Crippen LogP contribution in [0.15, 0.2) is 79.5 Å². The molecule has 10 nitrogen and oxygen atoms in total. The minimum Gasteiger partial charge on any atom is -0.368 e. The maximum absolute atomic E-state index is 12.4. The van der Waals surface area contributed by atoms with E-state index < -0.39 is 5.91 Å². The Labute approximate surface area is 231 Å². The van der Waals surface area contributed by atoms with Crippen LogP contribution in [-0.4, -0.2) is 58.8 Å². The predicted molar refractivity (Wildman–Crippen MR) is 157 cm³/mol. The Balaban J connectivity index is 1.44. The van der Waals surface area contributed by atoms with Gasteiger partial charge in [-0.25, -0.2) is 9.97 Å². The number of primary amides is 1. The van der Waals surface area contributed by atoms with Crippen LogP contribution in [0.1, 0.15) is 17.3 Å². The smallest absolute Gasteiger partial charge is 0.250 e. The number of anilines is 4. The standard InChI is InChI=1S/C30H29N7O3/c1-3-27(39)33-22-8-4-6-20(16-22)24-9-5-7-21-18-32-30(35-28(21)24)34-26-11-10-23(17-25(26)29(31)40)37-14-12-36(13-15-37)19(2)38/h3-11,16-18H,1,12-15H2,2H3,(H2,31,40)(H,33,39)(H,32,34,35). The zero-order valence-electron chi connectivity index (χ0n) is 22.1. The maximum Gasteiger partial charge on any atom is 0.250 e. The lowest BCUT2D eigenvalue weighted by molar-refractivity contribution is -0.129. The molecule has 202 valence electrons. The quantitative estimate of drug-likeness (QED) is 0.305. The summed E-state index contributed by atoms with van der Waals surface area (Å²) >= 11 is 0. The van der Waals surface area contributed by atoms with Gasteiger partial charge in [0.25, 0.3) is 5.91 Å². The Morgan fingerprint density at radius 1 is 1.00 bits per heavy atom. The number of carbonyl (C=O) groups is 3. The fourth-order valence-electron chi connectivity index (χ4n) is 4.75. The van der Waals surface area contributed by atoms with Crippen molar-refractivity contribution in [2.45, 2.75) is 6.92 Å². The van der Waals surface area contributed by atoms with Gasteiger partial charge >= 0.3 is 0 Å². The molecule has 2 heterocycles. The fraction of sp³-hybridized carbons (Fsp3) is 0.167. The number of amides is 3. The number of carbonyl (C=O) groups excluding carboxylic acids is 3. The van der Waals surface area contributed by atoms with Gasteiger partial charge in [0.1, 0.15) is 0 Å². The molecule has 0 bridgehead atoms. The Morgan fingerprint density at radius 2 is 1.77 bits per heavy atom. The molecule has 3 amide bonds. The first-order valence-corrected chi connectivity index (χ1v) is 12.8. The largest absolute Gasteiger partial charge is 0.368 e. The molecular formula is C30H29N7O3. The molecule has 3 aromatic carbocycles. The number of benzene rings is 3. The van der Waals surface area contributed by atoms with Crippen LogP contribution in [0.25, 0.3) is 22.0 Å². The highest BCUT2D eigenvalue weighted by Gasteiger charge is 2.21. The van der Waals surface area contributed by atoms with E-state index in [1.165, 1.54) is 6.08 Å². The highest BCUT2D eigenvalue weighted by molar-refractivity contribution is 6.01. The minimum atomic E-state index is -0.577. The average molecular weight is 536 g/mol. The number of fused-ring (bicyclic) bond motifs is 1. The monoisotopic (exact) mass is 535 g/mol. The minimum absolute atomic E-state index is 0.0581. The van der Waals surface area contributed by atoms with E-state index in [2.05, 4.69) is 27.1 Å². The van der Waals surface area contributed by atoms with E-state index in [0.717, 1.165) is 22.2 Å². The summed E-state index contributed by atoms with van der Waals surface area (Å²) in [4.78, 5) is 49.0. The molecule has 0 unspecified atom stereocenters. The number of hydrogen-bond donors (Lipinski definition) is 3. The van der Waals surface area contributed by atoms with E-state index in [4.69, 9.17) is 10.7 Å². The predicted octanol–water partition coefficient (Wildman–Crippen LogP) is 3.93. The molecule has 10 heteroatoms. The Morgan fingerprint density at radius 3 is 2.50 bits per heavy atom. The Hall–Kier alpha value is -5.25. The molecule has 4 aromatic rings. The van der Waals surface area contributed by atoms with E-state index in [0.29, 0.717) is 54.6 Å². The summed E-state index contributed by atoms with van der Waals surface area (Å²) in [5.74, 6) is -0.505. The summed E-state index contributed by atoms with van der Waals surface area (Å²) in [6, 6.07) is 18.7. The highest BCUT2D eigenvalue weighted by Crippen LogP contribution is 2.31. The van der Waals surface area contributed by atoms with E-state index in [1.54, 1.807) is 36.2 Å². The van der Waals surface area contributed by atoms with Crippen molar-refractivity contribution in [3.63, 3.8) is 0 Å². The molecular weight excluding hydrogens is 506 g/mol. The number of nitrogens with one attached hydrogen (secondary N) is 2. The van der Waals surface area contributed by atoms with Crippen molar-refractivity contribution in [1.29, 1.82) is 0 Å². The van der Waals surface area contributed by atoms with Gasteiger partial charge in [-0.3, -0.25) is 14.4 Å². The topological polar surface area (TPSA) is 134 Å². The fourth-order valence-corrected chi connectivity index (χ4v) is 4.75. The molecule has 1 aliphatic rings. The van der Waals surface area contributed by atoms with Crippen LogP contribution in [0.3, 0.4) is 0 Å². The molecule has 1 aromatic heterocycles. The van der Waals surface area contributed by atoms with E-state index in [1.807, 2.05) is 42.5 Å².